The molecule has 1 fully saturated rings. The summed E-state index contributed by atoms with van der Waals surface area (Å²) in [6, 6.07) is 8.44. The quantitative estimate of drug-likeness (QED) is 0.231. The lowest BCUT2D eigenvalue weighted by Crippen LogP contribution is -2.29. The Morgan fingerprint density at radius 3 is 2.84 bits per heavy atom. The first kappa shape index (κ1) is 21.7. The molecular formula is C22H22N2O5S2. The average molecular weight is 459 g/mol. The number of benzene rings is 1. The number of thiophene rings is 1. The summed E-state index contributed by atoms with van der Waals surface area (Å²) in [6.45, 7) is 3.02. The molecule has 31 heavy (non-hydrogen) atoms. The van der Waals surface area contributed by atoms with Gasteiger partial charge in [0.25, 0.3) is 5.56 Å². The Balaban J connectivity index is 1.70. The van der Waals surface area contributed by atoms with Crippen LogP contribution in [0.3, 0.4) is 0 Å². The fourth-order valence-corrected chi connectivity index (χ4v) is 5.28. The van der Waals surface area contributed by atoms with Crippen molar-refractivity contribution in [3.63, 3.8) is 0 Å². The zero-order chi connectivity index (χ0) is 22.0. The van der Waals surface area contributed by atoms with Crippen LogP contribution in [0.5, 0.6) is 0 Å². The molecule has 9 heteroatoms. The van der Waals surface area contributed by atoms with Gasteiger partial charge < -0.3 is 9.47 Å². The molecule has 1 aromatic carbocycles. The molecule has 0 saturated carbocycles. The smallest absolute Gasteiger partial charge is 0.337 e. The number of ether oxygens (including phenoxy) is 2. The van der Waals surface area contributed by atoms with E-state index in [0.29, 0.717) is 39.7 Å². The summed E-state index contributed by atoms with van der Waals surface area (Å²) in [5, 5.41) is 0.854. The van der Waals surface area contributed by atoms with E-state index in [1.807, 2.05) is 19.1 Å². The number of esters is 1. The second kappa shape index (κ2) is 9.33. The van der Waals surface area contributed by atoms with Crippen molar-refractivity contribution < 1.29 is 19.1 Å². The molecule has 1 unspecified atom stereocenters. The first-order valence-corrected chi connectivity index (χ1v) is 11.7. The number of rotatable bonds is 7. The number of aryl methyl sites for hydroxylation is 1. The average Bonchev–Trinajstić information content (AvgIpc) is 3.45. The minimum atomic E-state index is -0.496. The van der Waals surface area contributed by atoms with Crippen LogP contribution in [0.15, 0.2) is 40.3 Å². The van der Waals surface area contributed by atoms with Crippen molar-refractivity contribution in [2.75, 3.05) is 19.5 Å². The van der Waals surface area contributed by atoms with Gasteiger partial charge in [-0.1, -0.05) is 11.8 Å². The molecule has 3 heterocycles. The van der Waals surface area contributed by atoms with Gasteiger partial charge in [-0.3, -0.25) is 14.2 Å². The largest absolute Gasteiger partial charge is 0.465 e. The molecule has 0 N–H and O–H groups in total. The summed E-state index contributed by atoms with van der Waals surface area (Å²) in [5.74, 6) is -0.339. The third-order valence-electron chi connectivity index (χ3n) is 5.10. The minimum Gasteiger partial charge on any atom is -0.465 e. The van der Waals surface area contributed by atoms with Gasteiger partial charge in [-0.25, -0.2) is 9.78 Å². The van der Waals surface area contributed by atoms with E-state index < -0.39 is 5.97 Å². The highest BCUT2D eigenvalue weighted by Gasteiger charge is 2.21. The molecule has 1 atom stereocenters. The summed E-state index contributed by atoms with van der Waals surface area (Å²) in [5.41, 5.74) is 0.511. The maximum atomic E-state index is 13.3. The number of hydrogen-bond acceptors (Lipinski definition) is 8. The van der Waals surface area contributed by atoms with Crippen molar-refractivity contribution in [1.29, 1.82) is 0 Å². The van der Waals surface area contributed by atoms with Crippen LogP contribution in [-0.4, -0.2) is 46.9 Å². The molecule has 3 aromatic rings. The fraction of sp³-hybridized carbons (Fsp3) is 0.364. The number of hydrogen-bond donors (Lipinski definition) is 0. The van der Waals surface area contributed by atoms with Crippen LogP contribution >= 0.6 is 23.1 Å². The molecule has 0 amide bonds. The van der Waals surface area contributed by atoms with E-state index in [4.69, 9.17) is 9.47 Å². The third-order valence-corrected chi connectivity index (χ3v) is 7.12. The topological polar surface area (TPSA) is 87.5 Å². The van der Waals surface area contributed by atoms with E-state index in [1.165, 1.54) is 30.2 Å². The normalized spacial score (nSPS) is 16.0. The Kier molecular flexibility index (Phi) is 6.54. The zero-order valence-electron chi connectivity index (χ0n) is 17.3. The lowest BCUT2D eigenvalue weighted by molar-refractivity contribution is 0.0600. The summed E-state index contributed by atoms with van der Waals surface area (Å²) in [7, 11) is 1.30. The highest BCUT2D eigenvalue weighted by Crippen LogP contribution is 2.24. The molecule has 0 spiro atoms. The molecule has 4 rings (SSSR count). The number of ketones is 1. The van der Waals surface area contributed by atoms with Gasteiger partial charge in [0.05, 0.1) is 46.9 Å². The van der Waals surface area contributed by atoms with E-state index in [1.54, 1.807) is 22.8 Å². The lowest BCUT2D eigenvalue weighted by atomic mass is 10.1. The molecule has 7 nitrogen and oxygen atoms in total. The van der Waals surface area contributed by atoms with E-state index in [9.17, 15) is 14.4 Å². The Labute approximate surface area is 187 Å². The number of Topliss-reactive ketones (excluding diaryl/α,β-unsaturated/α-hetero) is 1. The Morgan fingerprint density at radius 2 is 2.16 bits per heavy atom. The number of aromatic nitrogens is 2. The highest BCUT2D eigenvalue weighted by molar-refractivity contribution is 7.99. The van der Waals surface area contributed by atoms with Crippen molar-refractivity contribution >= 4 is 45.8 Å². The van der Waals surface area contributed by atoms with Crippen molar-refractivity contribution in [3.8, 4) is 0 Å². The Morgan fingerprint density at radius 1 is 1.32 bits per heavy atom. The zero-order valence-corrected chi connectivity index (χ0v) is 18.9. The molecule has 1 aliphatic rings. The van der Waals surface area contributed by atoms with Gasteiger partial charge in [-0.05, 0) is 50.1 Å². The van der Waals surface area contributed by atoms with E-state index in [2.05, 4.69) is 4.98 Å². The van der Waals surface area contributed by atoms with Crippen LogP contribution in [0.4, 0.5) is 0 Å². The summed E-state index contributed by atoms with van der Waals surface area (Å²) >= 11 is 2.68. The van der Waals surface area contributed by atoms with Crippen LogP contribution in [0.1, 0.15) is 37.7 Å². The Bertz CT molecular complexity index is 1190. The van der Waals surface area contributed by atoms with Gasteiger partial charge >= 0.3 is 5.97 Å². The van der Waals surface area contributed by atoms with Crippen LogP contribution in [0, 0.1) is 6.92 Å². The fourth-order valence-electron chi connectivity index (χ4n) is 3.49. The number of carbonyl (C=O) groups is 2. The molecule has 1 saturated heterocycles. The number of fused-ring (bicyclic) bond motifs is 1. The minimum absolute atomic E-state index is 0.00979. The van der Waals surface area contributed by atoms with Crippen molar-refractivity contribution in [2.24, 2.45) is 0 Å². The maximum Gasteiger partial charge on any atom is 0.337 e. The SMILES string of the molecule is COC(=O)c1ccc2c(=O)n(CC3CCCO3)c(SCC(=O)c3ccc(C)s3)nc2c1. The van der Waals surface area contributed by atoms with Crippen LogP contribution in [0.2, 0.25) is 0 Å². The van der Waals surface area contributed by atoms with Gasteiger partial charge in [0, 0.05) is 11.5 Å². The van der Waals surface area contributed by atoms with E-state index >= 15 is 0 Å². The van der Waals surface area contributed by atoms with Crippen molar-refractivity contribution in [3.05, 3.63) is 56.0 Å². The first-order valence-electron chi connectivity index (χ1n) is 9.93. The second-order valence-electron chi connectivity index (χ2n) is 7.29. The van der Waals surface area contributed by atoms with Crippen LogP contribution < -0.4 is 5.56 Å². The molecule has 0 bridgehead atoms. The van der Waals surface area contributed by atoms with Crippen molar-refractivity contribution in [1.82, 2.24) is 9.55 Å². The molecule has 0 aliphatic carbocycles. The molecular weight excluding hydrogens is 436 g/mol. The van der Waals surface area contributed by atoms with Gasteiger partial charge in [0.1, 0.15) is 0 Å². The first-order chi connectivity index (χ1) is 15.0. The van der Waals surface area contributed by atoms with Gasteiger partial charge in [-0.2, -0.15) is 0 Å². The standard InChI is InChI=1S/C22H22N2O5S2/c1-13-5-8-19(31-13)18(25)12-30-22-23-17-10-14(21(27)28-2)6-7-16(17)20(26)24(22)11-15-4-3-9-29-15/h5-8,10,15H,3-4,9,11-12H2,1-2H3. The molecule has 1 aliphatic heterocycles. The van der Waals surface area contributed by atoms with Gasteiger partial charge in [0.15, 0.2) is 10.9 Å². The van der Waals surface area contributed by atoms with Crippen LogP contribution in [-0.2, 0) is 16.0 Å². The maximum absolute atomic E-state index is 13.3. The number of nitrogens with zero attached hydrogens (tertiary/aromatic N) is 2. The predicted molar refractivity (Wildman–Crippen MR) is 120 cm³/mol. The monoisotopic (exact) mass is 458 g/mol. The highest BCUT2D eigenvalue weighted by atomic mass is 32.2. The van der Waals surface area contributed by atoms with E-state index in [0.717, 1.165) is 17.7 Å². The van der Waals surface area contributed by atoms with Gasteiger partial charge in [-0.15, -0.1) is 11.3 Å². The predicted octanol–water partition coefficient (Wildman–Crippen LogP) is 3.71. The summed E-state index contributed by atoms with van der Waals surface area (Å²) < 4.78 is 12.1. The van der Waals surface area contributed by atoms with Crippen molar-refractivity contribution in [2.45, 2.75) is 37.6 Å². The van der Waals surface area contributed by atoms with E-state index in [-0.39, 0.29) is 23.2 Å². The third kappa shape index (κ3) is 4.73. The number of thioether (sulfide) groups is 1. The number of methoxy groups -OCH3 is 1. The summed E-state index contributed by atoms with van der Waals surface area (Å²) in [6.07, 6.45) is 1.78. The number of carbonyl (C=O) groups excluding carboxylic acids is 2. The Hall–Kier alpha value is -2.49. The summed E-state index contributed by atoms with van der Waals surface area (Å²) in [4.78, 5) is 44.2. The lowest BCUT2D eigenvalue weighted by Gasteiger charge is -2.16. The molecule has 162 valence electrons. The van der Waals surface area contributed by atoms with Gasteiger partial charge in [0.2, 0.25) is 0 Å². The second-order valence-corrected chi connectivity index (χ2v) is 9.52. The molecule has 0 radical (unpaired) electrons. The van der Waals surface area contributed by atoms with Crippen LogP contribution in [0.25, 0.3) is 10.9 Å². The molecule has 2 aromatic heterocycles.